The predicted molar refractivity (Wildman–Crippen MR) is 164 cm³/mol. The van der Waals surface area contributed by atoms with E-state index in [1.165, 1.54) is 70.6 Å². The SMILES string of the molecule is CCCCCCCCC/C=C\CCCCCCCCCC(=O)OC(CO)COP(=O)(O)OCC(CO)OC(=O)CCC. The number of carbonyl (C=O) groups excluding carboxylic acids is 2. The highest BCUT2D eigenvalue weighted by atomic mass is 31.2. The molecule has 42 heavy (non-hydrogen) atoms. The Hall–Kier alpha value is -1.29. The van der Waals surface area contributed by atoms with Crippen LogP contribution in [0.5, 0.6) is 0 Å². The average molecular weight is 623 g/mol. The maximum atomic E-state index is 12.1. The Morgan fingerprint density at radius 2 is 1.02 bits per heavy atom. The fourth-order valence-corrected chi connectivity index (χ4v) is 4.99. The molecule has 0 amide bonds. The summed E-state index contributed by atoms with van der Waals surface area (Å²) in [7, 11) is -4.59. The maximum Gasteiger partial charge on any atom is 0.472 e. The second-order valence-corrected chi connectivity index (χ2v) is 12.2. The van der Waals surface area contributed by atoms with Crippen molar-refractivity contribution in [2.45, 2.75) is 148 Å². The lowest BCUT2D eigenvalue weighted by molar-refractivity contribution is -0.153. The second-order valence-electron chi connectivity index (χ2n) is 10.8. The number of rotatable bonds is 30. The molecular weight excluding hydrogens is 563 g/mol. The van der Waals surface area contributed by atoms with Crippen LogP contribution in [0.1, 0.15) is 136 Å². The van der Waals surface area contributed by atoms with Gasteiger partial charge in [-0.05, 0) is 38.5 Å². The molecule has 0 aliphatic carbocycles. The van der Waals surface area contributed by atoms with Gasteiger partial charge in [-0.1, -0.05) is 96.6 Å². The number of ether oxygens (including phenoxy) is 2. The molecule has 0 radical (unpaired) electrons. The van der Waals surface area contributed by atoms with Crippen molar-refractivity contribution in [1.29, 1.82) is 0 Å². The average Bonchev–Trinajstić information content (AvgIpc) is 2.96. The van der Waals surface area contributed by atoms with Crippen molar-refractivity contribution in [1.82, 2.24) is 0 Å². The molecule has 3 atom stereocenters. The van der Waals surface area contributed by atoms with E-state index in [-0.39, 0.29) is 12.8 Å². The summed E-state index contributed by atoms with van der Waals surface area (Å²) in [6, 6.07) is 0. The lowest BCUT2D eigenvalue weighted by Gasteiger charge is -2.20. The Morgan fingerprint density at radius 1 is 0.619 bits per heavy atom. The number of hydrogen-bond donors (Lipinski definition) is 3. The van der Waals surface area contributed by atoms with Crippen LogP contribution in [-0.4, -0.2) is 65.7 Å². The van der Waals surface area contributed by atoms with Crippen LogP contribution in [0.4, 0.5) is 0 Å². The van der Waals surface area contributed by atoms with E-state index in [1.807, 2.05) is 0 Å². The Morgan fingerprint density at radius 3 is 1.45 bits per heavy atom. The molecule has 0 fully saturated rings. The molecule has 3 N–H and O–H groups in total. The minimum Gasteiger partial charge on any atom is -0.457 e. The monoisotopic (exact) mass is 622 g/mol. The van der Waals surface area contributed by atoms with Crippen LogP contribution in [0, 0.1) is 0 Å². The zero-order valence-electron chi connectivity index (χ0n) is 26.2. The second kappa shape index (κ2) is 28.5. The van der Waals surface area contributed by atoms with Gasteiger partial charge < -0.3 is 24.6 Å². The first-order valence-electron chi connectivity index (χ1n) is 16.1. The first kappa shape index (κ1) is 40.7. The number of phosphoric ester groups is 1. The van der Waals surface area contributed by atoms with Crippen molar-refractivity contribution in [3.8, 4) is 0 Å². The largest absolute Gasteiger partial charge is 0.472 e. The van der Waals surface area contributed by atoms with Gasteiger partial charge in [-0.15, -0.1) is 0 Å². The lowest BCUT2D eigenvalue weighted by Crippen LogP contribution is -2.28. The van der Waals surface area contributed by atoms with Crippen LogP contribution >= 0.6 is 7.82 Å². The fraction of sp³-hybridized carbons (Fsp3) is 0.871. The smallest absolute Gasteiger partial charge is 0.457 e. The summed E-state index contributed by atoms with van der Waals surface area (Å²) in [6.45, 7) is 1.74. The van der Waals surface area contributed by atoms with Crippen LogP contribution in [0.25, 0.3) is 0 Å². The summed E-state index contributed by atoms with van der Waals surface area (Å²) in [5.41, 5.74) is 0. The van der Waals surface area contributed by atoms with E-state index < -0.39 is 58.4 Å². The molecule has 11 heteroatoms. The van der Waals surface area contributed by atoms with Gasteiger partial charge >= 0.3 is 19.8 Å². The summed E-state index contributed by atoms with van der Waals surface area (Å²) in [5.74, 6) is -1.08. The highest BCUT2D eigenvalue weighted by Gasteiger charge is 2.27. The van der Waals surface area contributed by atoms with Crippen LogP contribution < -0.4 is 0 Å². The van der Waals surface area contributed by atoms with Gasteiger partial charge in [0, 0.05) is 12.8 Å². The maximum absolute atomic E-state index is 12.1. The van der Waals surface area contributed by atoms with Crippen LogP contribution in [0.15, 0.2) is 12.2 Å². The van der Waals surface area contributed by atoms with Gasteiger partial charge in [-0.3, -0.25) is 18.6 Å². The molecule has 0 aromatic rings. The van der Waals surface area contributed by atoms with Gasteiger partial charge in [0.1, 0.15) is 12.2 Å². The number of allylic oxidation sites excluding steroid dienone is 2. The van der Waals surface area contributed by atoms with E-state index in [2.05, 4.69) is 19.1 Å². The molecule has 0 bridgehead atoms. The van der Waals surface area contributed by atoms with E-state index in [1.54, 1.807) is 6.92 Å². The number of esters is 2. The van der Waals surface area contributed by atoms with Gasteiger partial charge in [0.2, 0.25) is 0 Å². The number of carbonyl (C=O) groups is 2. The molecule has 3 unspecified atom stereocenters. The molecule has 0 rings (SSSR count). The first-order valence-corrected chi connectivity index (χ1v) is 17.6. The van der Waals surface area contributed by atoms with Crippen LogP contribution in [-0.2, 0) is 32.7 Å². The van der Waals surface area contributed by atoms with Gasteiger partial charge in [0.15, 0.2) is 0 Å². The summed E-state index contributed by atoms with van der Waals surface area (Å²) in [4.78, 5) is 33.4. The third-order valence-corrected chi connectivity index (χ3v) is 7.65. The predicted octanol–water partition coefficient (Wildman–Crippen LogP) is 6.94. The summed E-state index contributed by atoms with van der Waals surface area (Å²) < 4.78 is 31.7. The topological polar surface area (TPSA) is 149 Å². The third-order valence-electron chi connectivity index (χ3n) is 6.70. The molecule has 0 heterocycles. The lowest BCUT2D eigenvalue weighted by atomic mass is 10.1. The number of aliphatic hydroxyl groups is 2. The van der Waals surface area contributed by atoms with Crippen LogP contribution in [0.2, 0.25) is 0 Å². The van der Waals surface area contributed by atoms with Gasteiger partial charge in [-0.2, -0.15) is 0 Å². The minimum absolute atomic E-state index is 0.144. The Kier molecular flexibility index (Phi) is 27.6. The zero-order chi connectivity index (χ0) is 31.3. The Balaban J connectivity index is 3.83. The van der Waals surface area contributed by atoms with E-state index in [0.717, 1.165) is 25.7 Å². The molecule has 0 aromatic heterocycles. The minimum atomic E-state index is -4.59. The molecule has 0 aliphatic rings. The van der Waals surface area contributed by atoms with Crippen molar-refractivity contribution in [2.24, 2.45) is 0 Å². The normalized spacial score (nSPS) is 14.5. The molecule has 0 saturated carbocycles. The quantitative estimate of drug-likeness (QED) is 0.0333. The Labute approximate surface area is 254 Å². The van der Waals surface area contributed by atoms with Crippen molar-refractivity contribution >= 4 is 19.8 Å². The van der Waals surface area contributed by atoms with Gasteiger partial charge in [0.05, 0.1) is 26.4 Å². The number of unbranched alkanes of at least 4 members (excludes halogenated alkanes) is 14. The highest BCUT2D eigenvalue weighted by Crippen LogP contribution is 2.43. The van der Waals surface area contributed by atoms with Crippen LogP contribution in [0.3, 0.4) is 0 Å². The van der Waals surface area contributed by atoms with Crippen molar-refractivity contribution < 1.29 is 47.8 Å². The molecule has 10 nitrogen and oxygen atoms in total. The summed E-state index contributed by atoms with van der Waals surface area (Å²) in [5, 5.41) is 18.7. The van der Waals surface area contributed by atoms with Crippen molar-refractivity contribution in [3.63, 3.8) is 0 Å². The van der Waals surface area contributed by atoms with E-state index in [9.17, 15) is 29.3 Å². The molecule has 0 aromatic carbocycles. The fourth-order valence-electron chi connectivity index (χ4n) is 4.20. The van der Waals surface area contributed by atoms with E-state index >= 15 is 0 Å². The van der Waals surface area contributed by atoms with Crippen molar-refractivity contribution in [3.05, 3.63) is 12.2 Å². The Bertz CT molecular complexity index is 731. The molecule has 0 spiro atoms. The zero-order valence-corrected chi connectivity index (χ0v) is 27.1. The summed E-state index contributed by atoms with van der Waals surface area (Å²) in [6.07, 6.45) is 22.4. The summed E-state index contributed by atoms with van der Waals surface area (Å²) >= 11 is 0. The van der Waals surface area contributed by atoms with Crippen molar-refractivity contribution in [2.75, 3.05) is 26.4 Å². The molecule has 248 valence electrons. The molecular formula is C31H59O10P. The number of aliphatic hydroxyl groups excluding tert-OH is 2. The molecule has 0 aliphatic heterocycles. The van der Waals surface area contributed by atoms with E-state index in [4.69, 9.17) is 18.5 Å². The number of hydrogen-bond acceptors (Lipinski definition) is 9. The molecule has 0 saturated heterocycles. The third kappa shape index (κ3) is 26.3. The van der Waals surface area contributed by atoms with Gasteiger partial charge in [0.25, 0.3) is 0 Å². The van der Waals surface area contributed by atoms with Gasteiger partial charge in [-0.25, -0.2) is 4.57 Å². The standard InChI is InChI=1S/C31H59O10P/c1-3-5-6-7-8-9-10-11-12-13-14-15-16-17-18-19-20-21-23-31(35)41-29(25-33)27-39-42(36,37)38-26-28(24-32)40-30(34)22-4-2/h12-13,28-29,32-33H,3-11,14-27H2,1-2H3,(H,36,37)/b13-12-. The first-order chi connectivity index (χ1) is 20.3. The highest BCUT2D eigenvalue weighted by molar-refractivity contribution is 7.47. The van der Waals surface area contributed by atoms with E-state index in [0.29, 0.717) is 12.8 Å². The number of phosphoric acid groups is 1.